The molecule has 6 heteroatoms. The Hall–Kier alpha value is -1.95. The number of methoxy groups -OCH3 is 1. The summed E-state index contributed by atoms with van der Waals surface area (Å²) in [5, 5.41) is 0. The molecule has 0 fully saturated rings. The van der Waals surface area contributed by atoms with E-state index >= 15 is 0 Å². The molecule has 0 aromatic heterocycles. The van der Waals surface area contributed by atoms with Gasteiger partial charge in [-0.05, 0) is 35.9 Å². The fourth-order valence-electron chi connectivity index (χ4n) is 1.76. The highest BCUT2D eigenvalue weighted by Gasteiger charge is 2.12. The number of hydrogen-bond donors (Lipinski definition) is 1. The quantitative estimate of drug-likeness (QED) is 0.883. The monoisotopic (exact) mass is 297 g/mol. The molecule has 0 spiro atoms. The molecule has 0 aliphatic carbocycles. The smallest absolute Gasteiger partial charge is 0.126 e. The van der Waals surface area contributed by atoms with Crippen LogP contribution < -0.4 is 10.5 Å². The molecule has 106 valence electrons. The van der Waals surface area contributed by atoms with Crippen molar-refractivity contribution in [2.75, 3.05) is 12.8 Å². The molecule has 0 aliphatic rings. The Bertz CT molecular complexity index is 641. The van der Waals surface area contributed by atoms with Gasteiger partial charge in [-0.15, -0.1) is 0 Å². The molecule has 2 N–H and O–H groups in total. The van der Waals surface area contributed by atoms with Crippen LogP contribution in [0, 0.1) is 11.6 Å². The number of benzene rings is 2. The van der Waals surface area contributed by atoms with Gasteiger partial charge in [0.1, 0.15) is 17.4 Å². The van der Waals surface area contributed by atoms with Crippen LogP contribution in [0.1, 0.15) is 5.56 Å². The second-order valence-corrected chi connectivity index (χ2v) is 5.59. The molecule has 0 heterocycles. The molecule has 1 atom stereocenters. The zero-order chi connectivity index (χ0) is 14.7. The molecule has 0 aliphatic heterocycles. The van der Waals surface area contributed by atoms with E-state index in [1.54, 1.807) is 18.2 Å². The summed E-state index contributed by atoms with van der Waals surface area (Å²) in [7, 11) is -0.0264. The minimum Gasteiger partial charge on any atom is -0.497 e. The molecule has 1 unspecified atom stereocenters. The fraction of sp³-hybridized carbons (Fsp3) is 0.143. The van der Waals surface area contributed by atoms with E-state index in [0.29, 0.717) is 21.9 Å². The van der Waals surface area contributed by atoms with Crippen LogP contribution in [-0.2, 0) is 16.6 Å². The van der Waals surface area contributed by atoms with Gasteiger partial charge >= 0.3 is 0 Å². The van der Waals surface area contributed by atoms with Crippen LogP contribution in [0.15, 0.2) is 41.3 Å². The van der Waals surface area contributed by atoms with Crippen molar-refractivity contribution in [2.45, 2.75) is 10.6 Å². The third-order valence-corrected chi connectivity index (χ3v) is 4.13. The summed E-state index contributed by atoms with van der Waals surface area (Å²) < 4.78 is 43.5. The molecular weight excluding hydrogens is 284 g/mol. The summed E-state index contributed by atoms with van der Waals surface area (Å²) in [6.45, 7) is 0. The Morgan fingerprint density at radius 2 is 1.80 bits per heavy atom. The van der Waals surface area contributed by atoms with Crippen molar-refractivity contribution in [3.8, 4) is 5.75 Å². The number of nitrogens with two attached hydrogens (primary N) is 1. The Labute approximate surface area is 117 Å². The van der Waals surface area contributed by atoms with Gasteiger partial charge in [0.25, 0.3) is 0 Å². The van der Waals surface area contributed by atoms with Crippen molar-refractivity contribution in [1.29, 1.82) is 0 Å². The summed E-state index contributed by atoms with van der Waals surface area (Å²) in [4.78, 5) is 0.383. The van der Waals surface area contributed by atoms with Gasteiger partial charge in [-0.25, -0.2) is 8.78 Å². The summed E-state index contributed by atoms with van der Waals surface area (Å²) in [6, 6.07) is 7.86. The van der Waals surface area contributed by atoms with Crippen LogP contribution in [-0.4, -0.2) is 11.3 Å². The first-order valence-electron chi connectivity index (χ1n) is 5.76. The number of hydrogen-bond acceptors (Lipinski definition) is 3. The standard InChI is InChI=1S/C14H13F2NO2S/c1-19-12-2-3-13(17)14(7-12)20(18)8-9-4-10(15)6-11(16)5-9/h2-7H,8,17H2,1H3. The maximum atomic E-state index is 13.1. The van der Waals surface area contributed by atoms with E-state index in [1.165, 1.54) is 7.11 Å². The Morgan fingerprint density at radius 3 is 2.40 bits per heavy atom. The molecule has 0 saturated heterocycles. The van der Waals surface area contributed by atoms with E-state index in [2.05, 4.69) is 0 Å². The van der Waals surface area contributed by atoms with E-state index in [9.17, 15) is 13.0 Å². The van der Waals surface area contributed by atoms with Gasteiger partial charge in [-0.3, -0.25) is 4.21 Å². The van der Waals surface area contributed by atoms with E-state index in [1.807, 2.05) is 0 Å². The third kappa shape index (κ3) is 3.33. The van der Waals surface area contributed by atoms with Gasteiger partial charge < -0.3 is 10.5 Å². The van der Waals surface area contributed by atoms with Gasteiger partial charge in [0.05, 0.1) is 28.6 Å². The van der Waals surface area contributed by atoms with Crippen LogP contribution in [0.4, 0.5) is 14.5 Å². The van der Waals surface area contributed by atoms with E-state index in [-0.39, 0.29) is 5.75 Å². The number of nitrogen functional groups attached to an aromatic ring is 1. The number of anilines is 1. The normalized spacial score (nSPS) is 12.2. The van der Waals surface area contributed by atoms with E-state index in [0.717, 1.165) is 18.2 Å². The molecule has 2 aromatic carbocycles. The molecule has 0 amide bonds. The van der Waals surface area contributed by atoms with Gasteiger partial charge in [0, 0.05) is 11.8 Å². The summed E-state index contributed by atoms with van der Waals surface area (Å²) in [5.41, 5.74) is 6.42. The predicted octanol–water partition coefficient (Wildman–Crippen LogP) is 2.86. The maximum Gasteiger partial charge on any atom is 0.126 e. The van der Waals surface area contributed by atoms with Crippen molar-refractivity contribution < 1.29 is 17.7 Å². The van der Waals surface area contributed by atoms with Crippen molar-refractivity contribution in [3.05, 3.63) is 53.6 Å². The van der Waals surface area contributed by atoms with Crippen molar-refractivity contribution in [2.24, 2.45) is 0 Å². The summed E-state index contributed by atoms with van der Waals surface area (Å²) >= 11 is 0. The number of ether oxygens (including phenoxy) is 1. The lowest BCUT2D eigenvalue weighted by atomic mass is 10.2. The molecular formula is C14H13F2NO2S. The number of halogens is 2. The summed E-state index contributed by atoms with van der Waals surface area (Å²) in [6.07, 6.45) is 0. The molecule has 0 bridgehead atoms. The van der Waals surface area contributed by atoms with Crippen LogP contribution >= 0.6 is 0 Å². The molecule has 2 aromatic rings. The Balaban J connectivity index is 2.27. The largest absolute Gasteiger partial charge is 0.497 e. The van der Waals surface area contributed by atoms with Crippen LogP contribution in [0.2, 0.25) is 0 Å². The highest BCUT2D eigenvalue weighted by atomic mass is 32.2. The first-order valence-corrected chi connectivity index (χ1v) is 7.08. The van der Waals surface area contributed by atoms with E-state index in [4.69, 9.17) is 10.5 Å². The molecule has 0 saturated carbocycles. The highest BCUT2D eigenvalue weighted by molar-refractivity contribution is 7.84. The summed E-state index contributed by atoms with van der Waals surface area (Å²) in [5.74, 6) is -0.898. The lowest BCUT2D eigenvalue weighted by molar-refractivity contribution is 0.413. The second kappa shape index (κ2) is 6.00. The topological polar surface area (TPSA) is 52.3 Å². The molecule has 0 radical (unpaired) electrons. The first kappa shape index (κ1) is 14.5. The van der Waals surface area contributed by atoms with Crippen molar-refractivity contribution in [1.82, 2.24) is 0 Å². The average molecular weight is 297 g/mol. The predicted molar refractivity (Wildman–Crippen MR) is 73.9 cm³/mol. The van der Waals surface area contributed by atoms with Gasteiger partial charge in [-0.1, -0.05) is 0 Å². The highest BCUT2D eigenvalue weighted by Crippen LogP contribution is 2.24. The lowest BCUT2D eigenvalue weighted by Crippen LogP contribution is -2.02. The zero-order valence-corrected chi connectivity index (χ0v) is 11.5. The van der Waals surface area contributed by atoms with Crippen molar-refractivity contribution in [3.63, 3.8) is 0 Å². The minimum absolute atomic E-state index is 0.0218. The SMILES string of the molecule is COc1ccc(N)c(S(=O)Cc2cc(F)cc(F)c2)c1. The minimum atomic E-state index is -1.51. The fourth-order valence-corrected chi connectivity index (χ4v) is 2.97. The van der Waals surface area contributed by atoms with Gasteiger partial charge in [0.15, 0.2) is 0 Å². The average Bonchev–Trinajstić information content (AvgIpc) is 2.37. The van der Waals surface area contributed by atoms with Crippen LogP contribution in [0.5, 0.6) is 5.75 Å². The maximum absolute atomic E-state index is 13.1. The van der Waals surface area contributed by atoms with Crippen LogP contribution in [0.25, 0.3) is 0 Å². The zero-order valence-electron chi connectivity index (χ0n) is 10.7. The Kier molecular flexibility index (Phi) is 4.34. The second-order valence-electron chi connectivity index (χ2n) is 4.17. The van der Waals surface area contributed by atoms with Gasteiger partial charge in [0.2, 0.25) is 0 Å². The molecule has 2 rings (SSSR count). The molecule has 3 nitrogen and oxygen atoms in total. The lowest BCUT2D eigenvalue weighted by Gasteiger charge is -2.08. The van der Waals surface area contributed by atoms with Gasteiger partial charge in [-0.2, -0.15) is 0 Å². The van der Waals surface area contributed by atoms with E-state index < -0.39 is 22.4 Å². The van der Waals surface area contributed by atoms with Crippen LogP contribution in [0.3, 0.4) is 0 Å². The number of rotatable bonds is 4. The third-order valence-electron chi connectivity index (χ3n) is 2.69. The molecule has 20 heavy (non-hydrogen) atoms. The Morgan fingerprint density at radius 1 is 1.15 bits per heavy atom. The first-order chi connectivity index (χ1) is 9.49. The van der Waals surface area contributed by atoms with Crippen molar-refractivity contribution >= 4 is 16.5 Å².